The Kier molecular flexibility index (Phi) is 5.66. The van der Waals surface area contributed by atoms with Crippen LogP contribution < -0.4 is 4.90 Å². The second-order valence-corrected chi connectivity index (χ2v) is 8.72. The first-order valence-electron chi connectivity index (χ1n) is 11.4. The van der Waals surface area contributed by atoms with Crippen LogP contribution in [-0.4, -0.2) is 20.6 Å². The Morgan fingerprint density at radius 3 is 2.27 bits per heavy atom. The highest BCUT2D eigenvalue weighted by Gasteiger charge is 2.22. The second kappa shape index (κ2) is 8.91. The number of hydrogen-bond acceptors (Lipinski definition) is 3. The molecule has 4 nitrogen and oxygen atoms in total. The van der Waals surface area contributed by atoms with Crippen LogP contribution >= 0.6 is 0 Å². The largest absolute Gasteiger partial charge is 0.349 e. The van der Waals surface area contributed by atoms with Crippen molar-refractivity contribution in [2.24, 2.45) is 0 Å². The molecule has 0 atom stereocenters. The van der Waals surface area contributed by atoms with Gasteiger partial charge in [-0.25, -0.2) is 9.97 Å². The highest BCUT2D eigenvalue weighted by atomic mass is 15.2. The maximum absolute atomic E-state index is 4.84. The van der Waals surface area contributed by atoms with E-state index in [2.05, 4.69) is 121 Å². The van der Waals surface area contributed by atoms with Gasteiger partial charge in [0, 0.05) is 30.0 Å². The lowest BCUT2D eigenvalue weighted by Gasteiger charge is -2.29. The zero-order valence-corrected chi connectivity index (χ0v) is 19.3. The number of hydrogen-bond donors (Lipinski definition) is 0. The number of rotatable bonds is 6. The van der Waals surface area contributed by atoms with E-state index in [9.17, 15) is 0 Å². The summed E-state index contributed by atoms with van der Waals surface area (Å²) in [5.41, 5.74) is 6.80. The summed E-state index contributed by atoms with van der Waals surface area (Å²) in [5, 5.41) is 1.08. The third-order valence-electron chi connectivity index (χ3n) is 6.02. The molecule has 4 heteroatoms. The van der Waals surface area contributed by atoms with E-state index in [4.69, 9.17) is 9.97 Å². The number of aryl methyl sites for hydroxylation is 1. The van der Waals surface area contributed by atoms with Crippen molar-refractivity contribution in [3.63, 3.8) is 0 Å². The van der Waals surface area contributed by atoms with Crippen LogP contribution in [0.2, 0.25) is 0 Å². The quantitative estimate of drug-likeness (QED) is 0.295. The van der Waals surface area contributed by atoms with Gasteiger partial charge in [0.15, 0.2) is 5.65 Å². The Labute approximate surface area is 195 Å². The van der Waals surface area contributed by atoms with Gasteiger partial charge in [0.25, 0.3) is 0 Å². The zero-order chi connectivity index (χ0) is 22.8. The van der Waals surface area contributed by atoms with Gasteiger partial charge in [-0.3, -0.25) is 0 Å². The molecule has 0 N–H and O–H groups in total. The van der Waals surface area contributed by atoms with Crippen molar-refractivity contribution in [1.82, 2.24) is 14.5 Å². The predicted octanol–water partition coefficient (Wildman–Crippen LogP) is 6.81. The van der Waals surface area contributed by atoms with Crippen LogP contribution in [0.5, 0.6) is 0 Å². The summed E-state index contributed by atoms with van der Waals surface area (Å²) in [5.74, 6) is 0.962. The van der Waals surface area contributed by atoms with Crippen LogP contribution in [0.25, 0.3) is 27.8 Å². The normalized spacial score (nSPS) is 11.3. The Bertz CT molecular complexity index is 1370. The Morgan fingerprint density at radius 2 is 1.58 bits per heavy atom. The van der Waals surface area contributed by atoms with Crippen LogP contribution in [0.4, 0.5) is 5.82 Å². The van der Waals surface area contributed by atoms with Gasteiger partial charge in [0.2, 0.25) is 0 Å². The van der Waals surface area contributed by atoms with Crippen molar-refractivity contribution in [3.8, 4) is 16.8 Å². The Morgan fingerprint density at radius 1 is 0.848 bits per heavy atom. The molecule has 0 spiro atoms. The number of fused-ring (bicyclic) bond motifs is 1. The van der Waals surface area contributed by atoms with Gasteiger partial charge in [-0.2, -0.15) is 0 Å². The predicted molar refractivity (Wildman–Crippen MR) is 137 cm³/mol. The molecular weight excluding hydrogens is 404 g/mol. The first-order chi connectivity index (χ1) is 16.1. The maximum Gasteiger partial charge on any atom is 0.150 e. The van der Waals surface area contributed by atoms with E-state index in [-0.39, 0.29) is 6.04 Å². The SMILES string of the molecule is Cc1cccc(-n2cc(-c3ccccc3)c3c(N(Cc4ccccc4)C(C)C)ncnc32)c1. The molecule has 5 aromatic rings. The van der Waals surface area contributed by atoms with E-state index < -0.39 is 0 Å². The molecule has 0 aliphatic rings. The summed E-state index contributed by atoms with van der Waals surface area (Å²) < 4.78 is 2.19. The molecule has 0 saturated heterocycles. The summed E-state index contributed by atoms with van der Waals surface area (Å²) in [7, 11) is 0. The molecule has 0 aliphatic carbocycles. The van der Waals surface area contributed by atoms with Gasteiger partial charge in [-0.05, 0) is 49.6 Å². The van der Waals surface area contributed by atoms with Crippen LogP contribution in [0.1, 0.15) is 25.0 Å². The van der Waals surface area contributed by atoms with Crippen molar-refractivity contribution in [3.05, 3.63) is 109 Å². The molecule has 164 valence electrons. The van der Waals surface area contributed by atoms with Gasteiger partial charge in [0.1, 0.15) is 12.1 Å². The van der Waals surface area contributed by atoms with Gasteiger partial charge in [0.05, 0.1) is 5.39 Å². The molecule has 0 unspecified atom stereocenters. The van der Waals surface area contributed by atoms with Crippen molar-refractivity contribution in [2.75, 3.05) is 4.90 Å². The molecule has 5 rings (SSSR count). The summed E-state index contributed by atoms with van der Waals surface area (Å²) in [6.07, 6.45) is 3.90. The monoisotopic (exact) mass is 432 g/mol. The lowest BCUT2D eigenvalue weighted by atomic mass is 10.1. The van der Waals surface area contributed by atoms with Gasteiger partial charge < -0.3 is 9.47 Å². The molecule has 0 bridgehead atoms. The van der Waals surface area contributed by atoms with Crippen molar-refractivity contribution in [2.45, 2.75) is 33.4 Å². The van der Waals surface area contributed by atoms with Gasteiger partial charge >= 0.3 is 0 Å². The Hall–Kier alpha value is -3.92. The fourth-order valence-corrected chi connectivity index (χ4v) is 4.36. The summed E-state index contributed by atoms with van der Waals surface area (Å²) in [4.78, 5) is 12.0. The van der Waals surface area contributed by atoms with E-state index in [1.54, 1.807) is 6.33 Å². The number of nitrogens with zero attached hydrogens (tertiary/aromatic N) is 4. The van der Waals surface area contributed by atoms with Crippen LogP contribution in [-0.2, 0) is 6.54 Å². The number of aromatic nitrogens is 3. The molecule has 0 saturated carbocycles. The third-order valence-corrected chi connectivity index (χ3v) is 6.02. The van der Waals surface area contributed by atoms with E-state index in [0.29, 0.717) is 0 Å². The smallest absolute Gasteiger partial charge is 0.150 e. The molecule has 2 heterocycles. The lowest BCUT2D eigenvalue weighted by Crippen LogP contribution is -2.31. The van der Waals surface area contributed by atoms with Crippen molar-refractivity contribution in [1.29, 1.82) is 0 Å². The molecule has 0 aliphatic heterocycles. The number of anilines is 1. The Balaban J connectivity index is 1.76. The lowest BCUT2D eigenvalue weighted by molar-refractivity contribution is 0.674. The summed E-state index contributed by atoms with van der Waals surface area (Å²) in [6, 6.07) is 29.9. The van der Waals surface area contributed by atoms with Crippen LogP contribution in [0.15, 0.2) is 97.5 Å². The van der Waals surface area contributed by atoms with Gasteiger partial charge in [-0.15, -0.1) is 0 Å². The number of benzene rings is 3. The molecule has 0 amide bonds. The fourth-order valence-electron chi connectivity index (χ4n) is 4.36. The fraction of sp³-hybridized carbons (Fsp3) is 0.172. The van der Waals surface area contributed by atoms with E-state index in [0.717, 1.165) is 40.2 Å². The van der Waals surface area contributed by atoms with Crippen molar-refractivity contribution < 1.29 is 0 Å². The van der Waals surface area contributed by atoms with Crippen molar-refractivity contribution >= 4 is 16.9 Å². The van der Waals surface area contributed by atoms with Gasteiger partial charge in [-0.1, -0.05) is 72.8 Å². The van der Waals surface area contributed by atoms with E-state index in [1.807, 2.05) is 0 Å². The highest BCUT2D eigenvalue weighted by Crippen LogP contribution is 2.37. The topological polar surface area (TPSA) is 34.0 Å². The molecular formula is C29H28N4. The molecule has 0 radical (unpaired) electrons. The molecule has 2 aromatic heterocycles. The zero-order valence-electron chi connectivity index (χ0n) is 19.3. The minimum Gasteiger partial charge on any atom is -0.349 e. The van der Waals surface area contributed by atoms with Crippen LogP contribution in [0, 0.1) is 6.92 Å². The third kappa shape index (κ3) is 4.12. The molecule has 3 aromatic carbocycles. The van der Waals surface area contributed by atoms with Crippen LogP contribution in [0.3, 0.4) is 0 Å². The summed E-state index contributed by atoms with van der Waals surface area (Å²) in [6.45, 7) is 7.34. The van der Waals surface area contributed by atoms with E-state index >= 15 is 0 Å². The average Bonchev–Trinajstić information content (AvgIpc) is 3.24. The standard InChI is InChI=1S/C29H28N4/c1-21(2)32(18-23-12-6-4-7-13-23)28-27-26(24-14-8-5-9-15-24)19-33(29(27)31-20-30-28)25-16-10-11-22(3)17-25/h4-17,19-21H,18H2,1-3H3. The maximum atomic E-state index is 4.84. The second-order valence-electron chi connectivity index (χ2n) is 8.72. The summed E-state index contributed by atoms with van der Waals surface area (Å²) >= 11 is 0. The molecule has 33 heavy (non-hydrogen) atoms. The minimum absolute atomic E-state index is 0.272. The first kappa shape index (κ1) is 21.0. The average molecular weight is 433 g/mol. The first-order valence-corrected chi connectivity index (χ1v) is 11.4. The molecule has 0 fully saturated rings. The minimum atomic E-state index is 0.272. The van der Waals surface area contributed by atoms with E-state index in [1.165, 1.54) is 11.1 Å². The highest BCUT2D eigenvalue weighted by molar-refractivity contribution is 6.02.